The van der Waals surface area contributed by atoms with Crippen molar-refractivity contribution in [1.29, 1.82) is 0 Å². The molecule has 2 aromatic rings. The second kappa shape index (κ2) is 7.45. The third-order valence-corrected chi connectivity index (χ3v) is 4.15. The highest BCUT2D eigenvalue weighted by Gasteiger charge is 2.42. The Balaban J connectivity index is 1.86. The molecular formula is C18H15ClN4O3. The molecule has 1 fully saturated rings. The van der Waals surface area contributed by atoms with Crippen LogP contribution in [0.5, 0.6) is 0 Å². The number of benzene rings is 1. The van der Waals surface area contributed by atoms with Gasteiger partial charge in [0.1, 0.15) is 0 Å². The fraction of sp³-hybridized carbons (Fsp3) is 0.167. The summed E-state index contributed by atoms with van der Waals surface area (Å²) in [5.41, 5.74) is 1.50. The van der Waals surface area contributed by atoms with Gasteiger partial charge in [0.15, 0.2) is 5.92 Å². The van der Waals surface area contributed by atoms with E-state index in [0.29, 0.717) is 16.4 Å². The van der Waals surface area contributed by atoms with Crippen LogP contribution >= 0.6 is 11.6 Å². The Hall–Kier alpha value is -3.06. The minimum Gasteiger partial charge on any atom is -0.288 e. The Labute approximate surface area is 154 Å². The number of carbonyl (C=O) groups is 3. The lowest BCUT2D eigenvalue weighted by Gasteiger charge is -2.30. The first kappa shape index (κ1) is 17.8. The van der Waals surface area contributed by atoms with Crippen LogP contribution in [0.25, 0.3) is 0 Å². The van der Waals surface area contributed by atoms with Gasteiger partial charge in [0.05, 0.1) is 12.2 Å². The lowest BCUT2D eigenvalue weighted by Crippen LogP contribution is -2.60. The first-order valence-corrected chi connectivity index (χ1v) is 8.19. The molecule has 1 saturated heterocycles. The van der Waals surface area contributed by atoms with E-state index in [-0.39, 0.29) is 6.54 Å². The molecule has 0 radical (unpaired) electrons. The molecule has 1 aromatic heterocycles. The zero-order valence-electron chi connectivity index (χ0n) is 13.8. The summed E-state index contributed by atoms with van der Waals surface area (Å²) in [7, 11) is 0. The van der Waals surface area contributed by atoms with Crippen molar-refractivity contribution < 1.29 is 14.4 Å². The van der Waals surface area contributed by atoms with E-state index in [2.05, 4.69) is 15.3 Å². The van der Waals surface area contributed by atoms with Gasteiger partial charge in [-0.05, 0) is 42.8 Å². The van der Waals surface area contributed by atoms with E-state index in [1.165, 1.54) is 12.1 Å². The van der Waals surface area contributed by atoms with Gasteiger partial charge < -0.3 is 0 Å². The van der Waals surface area contributed by atoms with Gasteiger partial charge in [0, 0.05) is 23.1 Å². The van der Waals surface area contributed by atoms with Gasteiger partial charge in [0.2, 0.25) is 5.91 Å². The molecule has 0 bridgehead atoms. The number of pyridine rings is 1. The molecule has 1 aromatic carbocycles. The Bertz CT molecular complexity index is 881. The molecule has 0 spiro atoms. The topological polar surface area (TPSA) is 91.7 Å². The molecule has 1 atom stereocenters. The Kier molecular flexibility index (Phi) is 5.09. The number of anilines is 1. The summed E-state index contributed by atoms with van der Waals surface area (Å²) in [5, 5.41) is 2.68. The zero-order chi connectivity index (χ0) is 18.7. The molecule has 1 aliphatic rings. The molecule has 0 saturated carbocycles. The van der Waals surface area contributed by atoms with Gasteiger partial charge in [-0.3, -0.25) is 24.9 Å². The van der Waals surface area contributed by atoms with E-state index < -0.39 is 23.8 Å². The summed E-state index contributed by atoms with van der Waals surface area (Å²) >= 11 is 5.84. The van der Waals surface area contributed by atoms with Crippen molar-refractivity contribution in [2.45, 2.75) is 13.5 Å². The third kappa shape index (κ3) is 3.62. The number of hydrogen-bond donors (Lipinski definition) is 1. The quantitative estimate of drug-likeness (QED) is 0.661. The Morgan fingerprint density at radius 1 is 1.23 bits per heavy atom. The number of rotatable bonds is 4. The fourth-order valence-electron chi connectivity index (χ4n) is 2.58. The highest BCUT2D eigenvalue weighted by molar-refractivity contribution is 6.35. The summed E-state index contributed by atoms with van der Waals surface area (Å²) in [6.07, 6.45) is 3.30. The summed E-state index contributed by atoms with van der Waals surface area (Å²) in [5.74, 6) is -2.49. The normalized spacial score (nSPS) is 18.1. The maximum Gasteiger partial charge on any atom is 0.335 e. The van der Waals surface area contributed by atoms with E-state index in [0.717, 1.165) is 10.5 Å². The van der Waals surface area contributed by atoms with Crippen molar-refractivity contribution in [3.63, 3.8) is 0 Å². The molecular weight excluding hydrogens is 356 g/mol. The van der Waals surface area contributed by atoms with Crippen LogP contribution in [0.1, 0.15) is 12.5 Å². The van der Waals surface area contributed by atoms with E-state index in [1.54, 1.807) is 37.5 Å². The molecule has 1 aliphatic heterocycles. The van der Waals surface area contributed by atoms with E-state index >= 15 is 0 Å². The molecule has 7 nitrogen and oxygen atoms in total. The van der Waals surface area contributed by atoms with Crippen molar-refractivity contribution in [2.24, 2.45) is 10.9 Å². The SMILES string of the molecule is CC(=NCc1cccnc1)C1C(=O)NC(=O)N(c2ccc(Cl)cc2)C1=O. The van der Waals surface area contributed by atoms with Crippen LogP contribution in [0.4, 0.5) is 10.5 Å². The molecule has 0 aliphatic carbocycles. The maximum atomic E-state index is 12.8. The first-order chi connectivity index (χ1) is 12.5. The van der Waals surface area contributed by atoms with Gasteiger partial charge in [0.25, 0.3) is 5.91 Å². The van der Waals surface area contributed by atoms with Gasteiger partial charge in [-0.25, -0.2) is 9.69 Å². The number of imide groups is 2. The first-order valence-electron chi connectivity index (χ1n) is 7.81. The van der Waals surface area contributed by atoms with Gasteiger partial charge >= 0.3 is 6.03 Å². The lowest BCUT2D eigenvalue weighted by atomic mass is 9.99. The summed E-state index contributed by atoms with van der Waals surface area (Å²) < 4.78 is 0. The molecule has 2 heterocycles. The average molecular weight is 371 g/mol. The van der Waals surface area contributed by atoms with E-state index in [4.69, 9.17) is 11.6 Å². The number of urea groups is 1. The number of aliphatic imine (C=N–C) groups is 1. The second-order valence-corrected chi connectivity index (χ2v) is 6.13. The monoisotopic (exact) mass is 370 g/mol. The number of carbonyl (C=O) groups excluding carboxylic acids is 3. The second-order valence-electron chi connectivity index (χ2n) is 5.70. The minimum atomic E-state index is -1.17. The Morgan fingerprint density at radius 3 is 2.62 bits per heavy atom. The van der Waals surface area contributed by atoms with Crippen molar-refractivity contribution in [2.75, 3.05) is 4.90 Å². The highest BCUT2D eigenvalue weighted by atomic mass is 35.5. The largest absolute Gasteiger partial charge is 0.335 e. The number of nitrogens with one attached hydrogen (secondary N) is 1. The van der Waals surface area contributed by atoms with Crippen molar-refractivity contribution in [1.82, 2.24) is 10.3 Å². The fourth-order valence-corrected chi connectivity index (χ4v) is 2.70. The minimum absolute atomic E-state index is 0.283. The number of barbiturate groups is 1. The molecule has 4 amide bonds. The van der Waals surface area contributed by atoms with Crippen LogP contribution in [0.15, 0.2) is 53.8 Å². The van der Waals surface area contributed by atoms with Gasteiger partial charge in [-0.1, -0.05) is 17.7 Å². The van der Waals surface area contributed by atoms with Crippen LogP contribution in [0, 0.1) is 5.92 Å². The van der Waals surface area contributed by atoms with Crippen molar-refractivity contribution in [3.05, 3.63) is 59.4 Å². The van der Waals surface area contributed by atoms with E-state index in [1.807, 2.05) is 6.07 Å². The average Bonchev–Trinajstić information content (AvgIpc) is 2.62. The predicted molar refractivity (Wildman–Crippen MR) is 97.0 cm³/mol. The van der Waals surface area contributed by atoms with Crippen LogP contribution in [0.3, 0.4) is 0 Å². The smallest absolute Gasteiger partial charge is 0.288 e. The Morgan fingerprint density at radius 2 is 1.96 bits per heavy atom. The van der Waals surface area contributed by atoms with E-state index in [9.17, 15) is 14.4 Å². The highest BCUT2D eigenvalue weighted by Crippen LogP contribution is 2.23. The summed E-state index contributed by atoms with van der Waals surface area (Å²) in [6, 6.07) is 9.02. The molecule has 1 N–H and O–H groups in total. The van der Waals surface area contributed by atoms with Crippen LogP contribution < -0.4 is 10.2 Å². The molecule has 132 valence electrons. The molecule has 3 rings (SSSR count). The number of amides is 4. The van der Waals surface area contributed by atoms with Crippen LogP contribution in [-0.2, 0) is 16.1 Å². The van der Waals surface area contributed by atoms with Crippen molar-refractivity contribution >= 4 is 40.8 Å². The number of aromatic nitrogens is 1. The molecule has 26 heavy (non-hydrogen) atoms. The van der Waals surface area contributed by atoms with Crippen molar-refractivity contribution in [3.8, 4) is 0 Å². The number of hydrogen-bond acceptors (Lipinski definition) is 5. The zero-order valence-corrected chi connectivity index (χ0v) is 14.6. The number of nitrogens with zero attached hydrogens (tertiary/aromatic N) is 3. The molecule has 1 unspecified atom stereocenters. The third-order valence-electron chi connectivity index (χ3n) is 3.90. The van der Waals surface area contributed by atoms with Crippen LogP contribution in [0.2, 0.25) is 5.02 Å². The molecule has 8 heteroatoms. The van der Waals surface area contributed by atoms with Gasteiger partial charge in [-0.15, -0.1) is 0 Å². The predicted octanol–water partition coefficient (Wildman–Crippen LogP) is 2.60. The van der Waals surface area contributed by atoms with Crippen LogP contribution in [-0.4, -0.2) is 28.5 Å². The standard InChI is InChI=1S/C18H15ClN4O3/c1-11(21-10-12-3-2-8-20-9-12)15-16(24)22-18(26)23(17(15)25)14-6-4-13(19)5-7-14/h2-9,15H,10H2,1H3,(H,22,24,26). The van der Waals surface area contributed by atoms with Gasteiger partial charge in [-0.2, -0.15) is 0 Å². The lowest BCUT2D eigenvalue weighted by molar-refractivity contribution is -0.131. The summed E-state index contributed by atoms with van der Waals surface area (Å²) in [4.78, 5) is 46.4. The number of halogens is 1. The maximum absolute atomic E-state index is 12.8. The summed E-state index contributed by atoms with van der Waals surface area (Å²) in [6.45, 7) is 1.87.